The molecule has 0 spiro atoms. The molecule has 178 valence electrons. The van der Waals surface area contributed by atoms with Gasteiger partial charge in [0, 0.05) is 31.9 Å². The summed E-state index contributed by atoms with van der Waals surface area (Å²) in [7, 11) is -1.64. The highest BCUT2D eigenvalue weighted by molar-refractivity contribution is 7.89. The number of rotatable bonds is 8. The van der Waals surface area contributed by atoms with Crippen molar-refractivity contribution in [3.63, 3.8) is 0 Å². The van der Waals surface area contributed by atoms with Gasteiger partial charge in [0.1, 0.15) is 11.9 Å². The molecule has 2 aromatic rings. The summed E-state index contributed by atoms with van der Waals surface area (Å²) >= 11 is 0. The van der Waals surface area contributed by atoms with E-state index >= 15 is 0 Å². The van der Waals surface area contributed by atoms with Crippen LogP contribution in [-0.2, 0) is 14.8 Å². The summed E-state index contributed by atoms with van der Waals surface area (Å²) in [5.41, 5.74) is 1.58. The van der Waals surface area contributed by atoms with Crippen LogP contribution in [0.5, 0.6) is 5.75 Å². The van der Waals surface area contributed by atoms with Gasteiger partial charge in [-0.05, 0) is 57.1 Å². The zero-order valence-corrected chi connectivity index (χ0v) is 20.1. The highest BCUT2D eigenvalue weighted by Crippen LogP contribution is 2.32. The molecule has 1 N–H and O–H groups in total. The number of nitrogens with one attached hydrogen (secondary N) is 1. The smallest absolute Gasteiger partial charge is 0.243 e. The second kappa shape index (κ2) is 10.1. The Hall–Kier alpha value is -2.62. The standard InChI is InChI=1S/C24H32N4O4S/c1-3-27-17-20(32-23-12-5-4-11-22(23)27)16-26(2)18-24(29)25-19-9-8-10-21(15-19)33(30,31)28-13-6-7-14-28/h4-5,8-12,15,20H,3,6-7,13-14,16-18H2,1-2H3,(H,25,29)/t20-/m1/s1. The lowest BCUT2D eigenvalue weighted by Crippen LogP contribution is -2.46. The van der Waals surface area contributed by atoms with E-state index in [4.69, 9.17) is 4.74 Å². The molecule has 1 amide bonds. The summed E-state index contributed by atoms with van der Waals surface area (Å²) in [6.45, 7) is 5.64. The molecular formula is C24H32N4O4S. The molecule has 0 bridgehead atoms. The Morgan fingerprint density at radius 1 is 1.15 bits per heavy atom. The van der Waals surface area contributed by atoms with E-state index in [1.807, 2.05) is 30.1 Å². The van der Waals surface area contributed by atoms with Crippen molar-refractivity contribution in [2.75, 3.05) is 56.5 Å². The number of hydrogen-bond acceptors (Lipinski definition) is 6. The maximum Gasteiger partial charge on any atom is 0.243 e. The molecule has 2 aliphatic rings. The lowest BCUT2D eigenvalue weighted by molar-refractivity contribution is -0.117. The number of sulfonamides is 1. The SMILES string of the molecule is CCN1C[C@@H](CN(C)CC(=O)Nc2cccc(S(=O)(=O)N3CCCC3)c2)Oc2ccccc21. The third-order valence-corrected chi connectivity index (χ3v) is 7.95. The Kier molecular flexibility index (Phi) is 7.21. The third-order valence-electron chi connectivity index (χ3n) is 6.05. The normalized spacial score (nSPS) is 18.8. The van der Waals surface area contributed by atoms with E-state index in [0.29, 0.717) is 25.3 Å². The molecule has 0 unspecified atom stereocenters. The molecule has 0 aliphatic carbocycles. The van der Waals surface area contributed by atoms with Gasteiger partial charge in [0.2, 0.25) is 15.9 Å². The van der Waals surface area contributed by atoms with Crippen LogP contribution in [0, 0.1) is 0 Å². The summed E-state index contributed by atoms with van der Waals surface area (Å²) in [5, 5.41) is 2.83. The van der Waals surface area contributed by atoms with Gasteiger partial charge in [-0.25, -0.2) is 8.42 Å². The van der Waals surface area contributed by atoms with Gasteiger partial charge in [0.25, 0.3) is 0 Å². The number of amides is 1. The summed E-state index contributed by atoms with van der Waals surface area (Å²) in [4.78, 5) is 17.1. The van der Waals surface area contributed by atoms with Crippen molar-refractivity contribution in [2.24, 2.45) is 0 Å². The topological polar surface area (TPSA) is 82.2 Å². The van der Waals surface area contributed by atoms with Crippen LogP contribution in [0.3, 0.4) is 0 Å². The number of anilines is 2. The zero-order valence-electron chi connectivity index (χ0n) is 19.2. The van der Waals surface area contributed by atoms with Crippen LogP contribution in [0.2, 0.25) is 0 Å². The van der Waals surface area contributed by atoms with Crippen LogP contribution in [0.4, 0.5) is 11.4 Å². The van der Waals surface area contributed by atoms with Crippen LogP contribution in [-0.4, -0.2) is 76.0 Å². The average molecular weight is 473 g/mol. The average Bonchev–Trinajstić information content (AvgIpc) is 3.34. The fourth-order valence-electron chi connectivity index (χ4n) is 4.44. The molecule has 0 radical (unpaired) electrons. The van der Waals surface area contributed by atoms with Crippen molar-refractivity contribution in [3.8, 4) is 5.75 Å². The predicted octanol–water partition coefficient (Wildman–Crippen LogP) is 2.63. The maximum absolute atomic E-state index is 12.8. The van der Waals surface area contributed by atoms with Gasteiger partial charge >= 0.3 is 0 Å². The number of likely N-dealkylation sites (N-methyl/N-ethyl adjacent to an activating group) is 2. The van der Waals surface area contributed by atoms with Gasteiger partial charge in [0.15, 0.2) is 0 Å². The molecule has 1 fully saturated rings. The Bertz CT molecular complexity index is 1090. The largest absolute Gasteiger partial charge is 0.485 e. The summed E-state index contributed by atoms with van der Waals surface area (Å²) in [5.74, 6) is 0.668. The summed E-state index contributed by atoms with van der Waals surface area (Å²) in [6, 6.07) is 14.5. The third kappa shape index (κ3) is 5.48. The van der Waals surface area contributed by atoms with Crippen molar-refractivity contribution in [2.45, 2.75) is 30.8 Å². The molecule has 33 heavy (non-hydrogen) atoms. The molecule has 2 heterocycles. The number of benzene rings is 2. The van der Waals surface area contributed by atoms with Crippen molar-refractivity contribution >= 4 is 27.3 Å². The van der Waals surface area contributed by atoms with Gasteiger partial charge in [0.05, 0.1) is 23.7 Å². The number of para-hydroxylation sites is 2. The van der Waals surface area contributed by atoms with Gasteiger partial charge < -0.3 is 15.0 Å². The van der Waals surface area contributed by atoms with Gasteiger partial charge in [-0.15, -0.1) is 0 Å². The van der Waals surface area contributed by atoms with Crippen LogP contribution >= 0.6 is 0 Å². The minimum absolute atomic E-state index is 0.0495. The monoisotopic (exact) mass is 472 g/mol. The Labute approximate surface area is 196 Å². The summed E-state index contributed by atoms with van der Waals surface area (Å²) < 4.78 is 33.2. The Morgan fingerprint density at radius 3 is 2.67 bits per heavy atom. The van der Waals surface area contributed by atoms with Crippen LogP contribution in [0.1, 0.15) is 19.8 Å². The predicted molar refractivity (Wildman–Crippen MR) is 129 cm³/mol. The van der Waals surface area contributed by atoms with E-state index < -0.39 is 10.0 Å². The van der Waals surface area contributed by atoms with Crippen LogP contribution in [0.15, 0.2) is 53.4 Å². The van der Waals surface area contributed by atoms with E-state index in [-0.39, 0.29) is 23.5 Å². The first kappa shape index (κ1) is 23.5. The molecule has 4 rings (SSSR count). The fraction of sp³-hybridized carbons (Fsp3) is 0.458. The quantitative estimate of drug-likeness (QED) is 0.636. The first-order valence-corrected chi connectivity index (χ1v) is 12.9. The van der Waals surface area contributed by atoms with E-state index in [0.717, 1.165) is 37.4 Å². The number of carbonyl (C=O) groups is 1. The highest BCUT2D eigenvalue weighted by atomic mass is 32.2. The second-order valence-corrected chi connectivity index (χ2v) is 10.6. The zero-order chi connectivity index (χ0) is 23.4. The van der Waals surface area contributed by atoms with E-state index in [1.54, 1.807) is 18.2 Å². The second-order valence-electron chi connectivity index (χ2n) is 8.63. The first-order chi connectivity index (χ1) is 15.9. The lowest BCUT2D eigenvalue weighted by atomic mass is 10.2. The molecule has 0 saturated carbocycles. The lowest BCUT2D eigenvalue weighted by Gasteiger charge is -2.37. The molecular weight excluding hydrogens is 440 g/mol. The minimum Gasteiger partial charge on any atom is -0.485 e. The van der Waals surface area contributed by atoms with Gasteiger partial charge in [-0.2, -0.15) is 4.31 Å². The minimum atomic E-state index is -3.52. The number of fused-ring (bicyclic) bond motifs is 1. The number of ether oxygens (including phenoxy) is 1. The van der Waals surface area contributed by atoms with E-state index in [1.165, 1.54) is 10.4 Å². The number of nitrogens with zero attached hydrogens (tertiary/aromatic N) is 3. The molecule has 1 atom stereocenters. The molecule has 1 saturated heterocycles. The first-order valence-electron chi connectivity index (χ1n) is 11.5. The van der Waals surface area contributed by atoms with E-state index in [2.05, 4.69) is 23.2 Å². The van der Waals surface area contributed by atoms with Crippen molar-refractivity contribution in [1.29, 1.82) is 0 Å². The Balaban J connectivity index is 1.34. The summed E-state index contributed by atoms with van der Waals surface area (Å²) in [6.07, 6.45) is 1.72. The maximum atomic E-state index is 12.8. The number of carbonyl (C=O) groups excluding carboxylic acids is 1. The number of hydrogen-bond donors (Lipinski definition) is 1. The van der Waals surface area contributed by atoms with Crippen molar-refractivity contribution in [3.05, 3.63) is 48.5 Å². The van der Waals surface area contributed by atoms with Crippen molar-refractivity contribution in [1.82, 2.24) is 9.21 Å². The Morgan fingerprint density at radius 2 is 1.91 bits per heavy atom. The van der Waals surface area contributed by atoms with Gasteiger partial charge in [-0.3, -0.25) is 9.69 Å². The molecule has 0 aromatic heterocycles. The van der Waals surface area contributed by atoms with Crippen molar-refractivity contribution < 1.29 is 17.9 Å². The molecule has 8 nitrogen and oxygen atoms in total. The molecule has 9 heteroatoms. The highest BCUT2D eigenvalue weighted by Gasteiger charge is 2.28. The van der Waals surface area contributed by atoms with Crippen LogP contribution in [0.25, 0.3) is 0 Å². The molecule has 2 aromatic carbocycles. The van der Waals surface area contributed by atoms with Gasteiger partial charge in [-0.1, -0.05) is 18.2 Å². The van der Waals surface area contributed by atoms with Crippen LogP contribution < -0.4 is 15.0 Å². The van der Waals surface area contributed by atoms with E-state index in [9.17, 15) is 13.2 Å². The fourth-order valence-corrected chi connectivity index (χ4v) is 6.01. The molecule has 2 aliphatic heterocycles.